The molecule has 0 aliphatic carbocycles. The fraction of sp³-hybridized carbons (Fsp3) is 0.364. The summed E-state index contributed by atoms with van der Waals surface area (Å²) in [7, 11) is 0. The van der Waals surface area contributed by atoms with Crippen molar-refractivity contribution in [3.63, 3.8) is 0 Å². The van der Waals surface area contributed by atoms with Crippen molar-refractivity contribution in [1.82, 2.24) is 10.2 Å². The second-order valence-electron chi connectivity index (χ2n) is 6.78. The molecule has 0 unspecified atom stereocenters. The third-order valence-electron chi connectivity index (χ3n) is 4.51. The lowest BCUT2D eigenvalue weighted by Gasteiger charge is -2.29. The number of benzene rings is 2. The molecule has 7 heteroatoms. The van der Waals surface area contributed by atoms with Crippen LogP contribution in [0, 0.1) is 6.92 Å². The minimum Gasteiger partial charge on any atom is -0.484 e. The van der Waals surface area contributed by atoms with Gasteiger partial charge < -0.3 is 15.0 Å². The summed E-state index contributed by atoms with van der Waals surface area (Å²) >= 11 is 12.3. The van der Waals surface area contributed by atoms with Crippen molar-refractivity contribution >= 4 is 35.0 Å². The molecule has 1 atom stereocenters. The zero-order chi connectivity index (χ0) is 21.4. The highest BCUT2D eigenvalue weighted by molar-refractivity contribution is 6.31. The minimum absolute atomic E-state index is 0.197. The molecule has 2 aromatic rings. The average molecular weight is 437 g/mol. The molecule has 0 aliphatic heterocycles. The van der Waals surface area contributed by atoms with Crippen LogP contribution in [0.4, 0.5) is 0 Å². The molecule has 0 saturated heterocycles. The lowest BCUT2D eigenvalue weighted by molar-refractivity contribution is -0.142. The molecule has 0 saturated carbocycles. The number of amides is 2. The van der Waals surface area contributed by atoms with Crippen LogP contribution in [-0.2, 0) is 16.1 Å². The number of hydrogen-bond donors (Lipinski definition) is 1. The summed E-state index contributed by atoms with van der Waals surface area (Å²) in [6.07, 6.45) is 0.815. The Morgan fingerprint density at radius 3 is 2.52 bits per heavy atom. The summed E-state index contributed by atoms with van der Waals surface area (Å²) in [4.78, 5) is 26.9. The SMILES string of the molecule is CCCNC(=O)[C@H](C)N(Cc1ccccc1Cl)C(=O)COc1ccc(Cl)c(C)c1. The van der Waals surface area contributed by atoms with E-state index in [1.54, 1.807) is 31.2 Å². The van der Waals surface area contributed by atoms with Crippen LogP contribution in [-0.4, -0.2) is 35.9 Å². The van der Waals surface area contributed by atoms with Gasteiger partial charge in [0, 0.05) is 23.1 Å². The van der Waals surface area contributed by atoms with E-state index in [4.69, 9.17) is 27.9 Å². The summed E-state index contributed by atoms with van der Waals surface area (Å²) in [5.74, 6) is 0.0206. The topological polar surface area (TPSA) is 58.6 Å². The molecule has 2 amide bonds. The monoisotopic (exact) mass is 436 g/mol. The lowest BCUT2D eigenvalue weighted by atomic mass is 10.1. The van der Waals surface area contributed by atoms with Crippen molar-refractivity contribution in [2.45, 2.75) is 39.8 Å². The van der Waals surface area contributed by atoms with Gasteiger partial charge in [-0.15, -0.1) is 0 Å². The first-order valence-corrected chi connectivity index (χ1v) is 10.3. The maximum atomic E-state index is 13.0. The van der Waals surface area contributed by atoms with Crippen molar-refractivity contribution in [3.8, 4) is 5.75 Å². The van der Waals surface area contributed by atoms with Gasteiger partial charge in [-0.05, 0) is 55.7 Å². The van der Waals surface area contributed by atoms with Gasteiger partial charge in [0.05, 0.1) is 0 Å². The molecule has 0 spiro atoms. The van der Waals surface area contributed by atoms with E-state index in [9.17, 15) is 9.59 Å². The first-order chi connectivity index (χ1) is 13.8. The van der Waals surface area contributed by atoms with Crippen LogP contribution in [0.1, 0.15) is 31.4 Å². The summed E-state index contributed by atoms with van der Waals surface area (Å²) in [5.41, 5.74) is 1.62. The summed E-state index contributed by atoms with van der Waals surface area (Å²) < 4.78 is 5.65. The normalized spacial score (nSPS) is 11.6. The zero-order valence-corrected chi connectivity index (χ0v) is 18.4. The van der Waals surface area contributed by atoms with Crippen LogP contribution in [0.25, 0.3) is 0 Å². The smallest absolute Gasteiger partial charge is 0.261 e. The lowest BCUT2D eigenvalue weighted by Crippen LogP contribution is -2.49. The maximum absolute atomic E-state index is 13.0. The molecular formula is C22H26Cl2N2O3. The highest BCUT2D eigenvalue weighted by Gasteiger charge is 2.26. The predicted octanol–water partition coefficient (Wildman–Crippen LogP) is 4.62. The van der Waals surface area contributed by atoms with Crippen molar-refractivity contribution < 1.29 is 14.3 Å². The molecule has 2 rings (SSSR count). The van der Waals surface area contributed by atoms with E-state index in [2.05, 4.69) is 5.32 Å². The summed E-state index contributed by atoms with van der Waals surface area (Å²) in [5, 5.41) is 4.01. The van der Waals surface area contributed by atoms with Gasteiger partial charge in [-0.3, -0.25) is 9.59 Å². The van der Waals surface area contributed by atoms with E-state index in [-0.39, 0.29) is 25.0 Å². The molecule has 0 aromatic heterocycles. The van der Waals surface area contributed by atoms with Crippen molar-refractivity contribution in [3.05, 3.63) is 63.6 Å². The molecule has 2 aromatic carbocycles. The molecule has 29 heavy (non-hydrogen) atoms. The highest BCUT2D eigenvalue weighted by atomic mass is 35.5. The van der Waals surface area contributed by atoms with Gasteiger partial charge in [0.15, 0.2) is 6.61 Å². The van der Waals surface area contributed by atoms with Crippen molar-refractivity contribution in [2.75, 3.05) is 13.2 Å². The Hall–Kier alpha value is -2.24. The summed E-state index contributed by atoms with van der Waals surface area (Å²) in [6.45, 7) is 6.10. The second kappa shape index (κ2) is 11.1. The molecule has 0 aliphatic rings. The Labute approximate surface area is 181 Å². The van der Waals surface area contributed by atoms with E-state index in [1.165, 1.54) is 4.90 Å². The van der Waals surface area contributed by atoms with Crippen LogP contribution < -0.4 is 10.1 Å². The minimum atomic E-state index is -0.666. The number of carbonyl (C=O) groups is 2. The number of nitrogens with one attached hydrogen (secondary N) is 1. The number of halogens is 2. The zero-order valence-electron chi connectivity index (χ0n) is 16.9. The van der Waals surface area contributed by atoms with Crippen LogP contribution in [0.2, 0.25) is 10.0 Å². The predicted molar refractivity (Wildman–Crippen MR) is 116 cm³/mol. The largest absolute Gasteiger partial charge is 0.484 e. The number of nitrogens with zero attached hydrogens (tertiary/aromatic N) is 1. The van der Waals surface area contributed by atoms with Crippen LogP contribution in [0.5, 0.6) is 5.75 Å². The van der Waals surface area contributed by atoms with Crippen LogP contribution in [0.3, 0.4) is 0 Å². The van der Waals surface area contributed by atoms with Gasteiger partial charge in [-0.2, -0.15) is 0 Å². The fourth-order valence-corrected chi connectivity index (χ4v) is 3.04. The first-order valence-electron chi connectivity index (χ1n) is 9.53. The van der Waals surface area contributed by atoms with Crippen LogP contribution in [0.15, 0.2) is 42.5 Å². The van der Waals surface area contributed by atoms with Gasteiger partial charge in [-0.1, -0.05) is 48.3 Å². The van der Waals surface area contributed by atoms with Crippen molar-refractivity contribution in [1.29, 1.82) is 0 Å². The fourth-order valence-electron chi connectivity index (χ4n) is 2.72. The molecule has 0 radical (unpaired) electrons. The number of rotatable bonds is 9. The van der Waals surface area contributed by atoms with E-state index in [1.807, 2.05) is 32.0 Å². The summed E-state index contributed by atoms with van der Waals surface area (Å²) in [6, 6.07) is 11.8. The second-order valence-corrected chi connectivity index (χ2v) is 7.59. The van der Waals surface area contributed by atoms with Gasteiger partial charge in [0.1, 0.15) is 11.8 Å². The Morgan fingerprint density at radius 1 is 1.14 bits per heavy atom. The molecule has 1 N–H and O–H groups in total. The van der Waals surface area contributed by atoms with Crippen LogP contribution >= 0.6 is 23.2 Å². The highest BCUT2D eigenvalue weighted by Crippen LogP contribution is 2.22. The molecule has 0 heterocycles. The van der Waals surface area contributed by atoms with Gasteiger partial charge >= 0.3 is 0 Å². The molecular weight excluding hydrogens is 411 g/mol. The Kier molecular flexibility index (Phi) is 8.80. The Morgan fingerprint density at radius 2 is 1.86 bits per heavy atom. The third kappa shape index (κ3) is 6.65. The maximum Gasteiger partial charge on any atom is 0.261 e. The van der Waals surface area contributed by atoms with E-state index < -0.39 is 6.04 Å². The average Bonchev–Trinajstić information content (AvgIpc) is 2.71. The molecule has 0 fully saturated rings. The standard InChI is InChI=1S/C22H26Cl2N2O3/c1-4-11-25-22(28)16(3)26(13-17-7-5-6-8-20(17)24)21(27)14-29-18-9-10-19(23)15(2)12-18/h5-10,12,16H,4,11,13-14H2,1-3H3,(H,25,28)/t16-/m0/s1. The molecule has 5 nitrogen and oxygen atoms in total. The van der Waals surface area contributed by atoms with E-state index >= 15 is 0 Å². The van der Waals surface area contributed by atoms with Gasteiger partial charge in [-0.25, -0.2) is 0 Å². The Bertz CT molecular complexity index is 858. The third-order valence-corrected chi connectivity index (χ3v) is 5.30. The van der Waals surface area contributed by atoms with E-state index in [0.717, 1.165) is 17.5 Å². The number of aryl methyl sites for hydroxylation is 1. The number of hydrogen-bond acceptors (Lipinski definition) is 3. The number of carbonyl (C=O) groups excluding carboxylic acids is 2. The molecule has 156 valence electrons. The quantitative estimate of drug-likeness (QED) is 0.623. The molecule has 0 bridgehead atoms. The van der Waals surface area contributed by atoms with E-state index in [0.29, 0.717) is 22.3 Å². The van der Waals surface area contributed by atoms with Gasteiger partial charge in [0.25, 0.3) is 5.91 Å². The Balaban J connectivity index is 2.15. The van der Waals surface area contributed by atoms with Gasteiger partial charge in [0.2, 0.25) is 5.91 Å². The number of ether oxygens (including phenoxy) is 1. The first kappa shape index (κ1) is 23.0. The van der Waals surface area contributed by atoms with Crippen molar-refractivity contribution in [2.24, 2.45) is 0 Å².